The number of hydrogen-bond donors (Lipinski definition) is 1. The molecule has 0 radical (unpaired) electrons. The zero-order valence-electron chi connectivity index (χ0n) is 7.83. The molecule has 0 unspecified atom stereocenters. The molecule has 1 N–H and O–H groups in total. The molecule has 1 aromatic carbocycles. The molecule has 0 fully saturated rings. The molecular weight excluding hydrogens is 160 g/mol. The molecule has 0 aliphatic carbocycles. The molecule has 0 amide bonds. The van der Waals surface area contributed by atoms with Gasteiger partial charge in [0.05, 0.1) is 0 Å². The number of allylic oxidation sites excluding steroid dienone is 2. The van der Waals surface area contributed by atoms with Gasteiger partial charge in [0.1, 0.15) is 5.75 Å². The Bertz CT molecular complexity index is 324. The van der Waals surface area contributed by atoms with Crippen LogP contribution in [0.25, 0.3) is 6.08 Å². The lowest BCUT2D eigenvalue weighted by Gasteiger charge is -2.01. The number of hydrogen-bond acceptors (Lipinski definition) is 1. The van der Waals surface area contributed by atoms with Crippen molar-refractivity contribution in [2.24, 2.45) is 0 Å². The first-order chi connectivity index (χ1) is 6.27. The Labute approximate surface area is 79.0 Å². The van der Waals surface area contributed by atoms with E-state index in [4.69, 9.17) is 0 Å². The van der Waals surface area contributed by atoms with Gasteiger partial charge in [-0.05, 0) is 31.0 Å². The van der Waals surface area contributed by atoms with Gasteiger partial charge in [-0.25, -0.2) is 0 Å². The van der Waals surface area contributed by atoms with Crippen LogP contribution in [0.4, 0.5) is 0 Å². The summed E-state index contributed by atoms with van der Waals surface area (Å²) >= 11 is 0. The van der Waals surface area contributed by atoms with E-state index >= 15 is 0 Å². The molecule has 0 aromatic heterocycles. The van der Waals surface area contributed by atoms with Gasteiger partial charge in [0, 0.05) is 5.56 Å². The summed E-state index contributed by atoms with van der Waals surface area (Å²) in [7, 11) is 0. The number of phenolic OH excluding ortho intramolecular Hbond substituents is 1. The van der Waals surface area contributed by atoms with E-state index in [1.807, 2.05) is 37.3 Å². The SMILES string of the molecule is C=CCc1ccc(O)c(C=CC)c1. The Morgan fingerprint density at radius 2 is 2.23 bits per heavy atom. The van der Waals surface area contributed by atoms with Crippen LogP contribution in [0.5, 0.6) is 5.75 Å². The Kier molecular flexibility index (Phi) is 3.32. The van der Waals surface area contributed by atoms with Gasteiger partial charge in [-0.3, -0.25) is 0 Å². The highest BCUT2D eigenvalue weighted by molar-refractivity contribution is 5.57. The van der Waals surface area contributed by atoms with Crippen molar-refractivity contribution in [1.29, 1.82) is 0 Å². The number of benzene rings is 1. The van der Waals surface area contributed by atoms with Crippen LogP contribution in [0.2, 0.25) is 0 Å². The summed E-state index contributed by atoms with van der Waals surface area (Å²) in [6, 6.07) is 5.59. The Morgan fingerprint density at radius 1 is 1.46 bits per heavy atom. The lowest BCUT2D eigenvalue weighted by atomic mass is 10.1. The van der Waals surface area contributed by atoms with Gasteiger partial charge in [-0.1, -0.05) is 24.3 Å². The van der Waals surface area contributed by atoms with E-state index in [0.29, 0.717) is 5.75 Å². The number of rotatable bonds is 3. The molecule has 0 spiro atoms. The van der Waals surface area contributed by atoms with E-state index in [-0.39, 0.29) is 0 Å². The number of phenols is 1. The molecule has 1 heteroatoms. The van der Waals surface area contributed by atoms with E-state index in [0.717, 1.165) is 12.0 Å². The first kappa shape index (κ1) is 9.59. The van der Waals surface area contributed by atoms with Crippen LogP contribution < -0.4 is 0 Å². The average molecular weight is 174 g/mol. The second-order valence-corrected chi connectivity index (χ2v) is 2.89. The van der Waals surface area contributed by atoms with Crippen molar-refractivity contribution in [1.82, 2.24) is 0 Å². The third kappa shape index (κ3) is 2.48. The predicted octanol–water partition coefficient (Wildman–Crippen LogP) is 3.15. The fourth-order valence-electron chi connectivity index (χ4n) is 1.21. The molecule has 0 saturated heterocycles. The third-order valence-corrected chi connectivity index (χ3v) is 1.82. The molecular formula is C12H14O. The molecule has 1 aromatic rings. The second-order valence-electron chi connectivity index (χ2n) is 2.89. The van der Waals surface area contributed by atoms with E-state index in [9.17, 15) is 5.11 Å². The van der Waals surface area contributed by atoms with Crippen molar-refractivity contribution in [3.63, 3.8) is 0 Å². The summed E-state index contributed by atoms with van der Waals surface area (Å²) in [4.78, 5) is 0. The Morgan fingerprint density at radius 3 is 2.85 bits per heavy atom. The van der Waals surface area contributed by atoms with Crippen molar-refractivity contribution in [2.45, 2.75) is 13.3 Å². The van der Waals surface area contributed by atoms with Gasteiger partial charge in [-0.15, -0.1) is 6.58 Å². The highest BCUT2D eigenvalue weighted by Crippen LogP contribution is 2.20. The molecule has 0 bridgehead atoms. The van der Waals surface area contributed by atoms with Crippen molar-refractivity contribution >= 4 is 6.08 Å². The van der Waals surface area contributed by atoms with Gasteiger partial charge in [0.25, 0.3) is 0 Å². The molecule has 0 aliphatic rings. The second kappa shape index (κ2) is 4.51. The summed E-state index contributed by atoms with van der Waals surface area (Å²) < 4.78 is 0. The molecule has 0 aliphatic heterocycles. The maximum atomic E-state index is 9.46. The lowest BCUT2D eigenvalue weighted by Crippen LogP contribution is -1.82. The fraction of sp³-hybridized carbons (Fsp3) is 0.167. The van der Waals surface area contributed by atoms with Crippen LogP contribution >= 0.6 is 0 Å². The molecule has 13 heavy (non-hydrogen) atoms. The van der Waals surface area contributed by atoms with E-state index in [1.165, 1.54) is 5.56 Å². The summed E-state index contributed by atoms with van der Waals surface area (Å²) in [6.45, 7) is 5.60. The average Bonchev–Trinajstić information content (AvgIpc) is 2.12. The first-order valence-electron chi connectivity index (χ1n) is 4.33. The van der Waals surface area contributed by atoms with Crippen molar-refractivity contribution in [3.05, 3.63) is 48.1 Å². The largest absolute Gasteiger partial charge is 0.507 e. The highest BCUT2D eigenvalue weighted by Gasteiger charge is 1.97. The standard InChI is InChI=1S/C12H14O/c1-3-5-10-7-8-12(13)11(9-10)6-4-2/h3-4,6-9,13H,1,5H2,2H3. The summed E-state index contributed by atoms with van der Waals surface area (Å²) in [5.41, 5.74) is 2.03. The monoisotopic (exact) mass is 174 g/mol. The summed E-state index contributed by atoms with van der Waals surface area (Å²) in [5, 5.41) is 9.46. The number of aromatic hydroxyl groups is 1. The molecule has 1 nitrogen and oxygen atoms in total. The molecule has 68 valence electrons. The molecule has 0 atom stereocenters. The maximum Gasteiger partial charge on any atom is 0.122 e. The first-order valence-corrected chi connectivity index (χ1v) is 4.33. The normalized spacial score (nSPS) is 10.5. The highest BCUT2D eigenvalue weighted by atomic mass is 16.3. The minimum Gasteiger partial charge on any atom is -0.507 e. The van der Waals surface area contributed by atoms with Crippen LogP contribution in [0, 0.1) is 0 Å². The van der Waals surface area contributed by atoms with E-state index in [1.54, 1.807) is 6.07 Å². The lowest BCUT2D eigenvalue weighted by molar-refractivity contribution is 0.474. The van der Waals surface area contributed by atoms with Crippen LogP contribution in [-0.2, 0) is 6.42 Å². The van der Waals surface area contributed by atoms with Gasteiger partial charge in [0.15, 0.2) is 0 Å². The quantitative estimate of drug-likeness (QED) is 0.698. The molecule has 0 heterocycles. The Balaban J connectivity index is 3.03. The fourth-order valence-corrected chi connectivity index (χ4v) is 1.21. The third-order valence-electron chi connectivity index (χ3n) is 1.82. The van der Waals surface area contributed by atoms with E-state index in [2.05, 4.69) is 6.58 Å². The van der Waals surface area contributed by atoms with Crippen molar-refractivity contribution in [3.8, 4) is 5.75 Å². The van der Waals surface area contributed by atoms with Gasteiger partial charge < -0.3 is 5.11 Å². The molecule has 0 saturated carbocycles. The maximum absolute atomic E-state index is 9.46. The minimum absolute atomic E-state index is 0.325. The van der Waals surface area contributed by atoms with Gasteiger partial charge >= 0.3 is 0 Å². The van der Waals surface area contributed by atoms with Crippen LogP contribution in [0.15, 0.2) is 36.9 Å². The minimum atomic E-state index is 0.325. The summed E-state index contributed by atoms with van der Waals surface area (Å²) in [5.74, 6) is 0.325. The van der Waals surface area contributed by atoms with Crippen molar-refractivity contribution in [2.75, 3.05) is 0 Å². The van der Waals surface area contributed by atoms with Crippen molar-refractivity contribution < 1.29 is 5.11 Å². The topological polar surface area (TPSA) is 20.2 Å². The zero-order chi connectivity index (χ0) is 9.68. The van der Waals surface area contributed by atoms with Crippen LogP contribution in [0.1, 0.15) is 18.1 Å². The van der Waals surface area contributed by atoms with Gasteiger partial charge in [-0.2, -0.15) is 0 Å². The summed E-state index contributed by atoms with van der Waals surface area (Å²) in [6.07, 6.45) is 6.49. The van der Waals surface area contributed by atoms with Crippen LogP contribution in [0.3, 0.4) is 0 Å². The van der Waals surface area contributed by atoms with Gasteiger partial charge in [0.2, 0.25) is 0 Å². The van der Waals surface area contributed by atoms with E-state index < -0.39 is 0 Å². The molecule has 1 rings (SSSR count). The predicted molar refractivity (Wildman–Crippen MR) is 56.7 cm³/mol. The zero-order valence-corrected chi connectivity index (χ0v) is 7.83. The smallest absolute Gasteiger partial charge is 0.122 e. The Hall–Kier alpha value is -1.50. The van der Waals surface area contributed by atoms with Crippen LogP contribution in [-0.4, -0.2) is 5.11 Å².